The third-order valence-corrected chi connectivity index (χ3v) is 3.61. The Bertz CT molecular complexity index is 475. The van der Waals surface area contributed by atoms with Crippen LogP contribution in [-0.2, 0) is 4.74 Å². The molecule has 1 atom stereocenters. The number of hydrogen-bond acceptors (Lipinski definition) is 3. The molecule has 0 spiro atoms. The molecule has 2 amide bonds. The van der Waals surface area contributed by atoms with Crippen molar-refractivity contribution in [2.45, 2.75) is 5.60 Å². The molecular weight excluding hydrogens is 242 g/mol. The van der Waals surface area contributed by atoms with E-state index in [2.05, 4.69) is 0 Å². The molecule has 0 N–H and O–H groups in total. The van der Waals surface area contributed by atoms with Crippen LogP contribution in [0.1, 0.15) is 20.7 Å². The summed E-state index contributed by atoms with van der Waals surface area (Å²) in [7, 11) is 0. The Kier molecular flexibility index (Phi) is 2.24. The summed E-state index contributed by atoms with van der Waals surface area (Å²) in [5.41, 5.74) is 0.403. The van der Waals surface area contributed by atoms with E-state index < -0.39 is 5.60 Å². The van der Waals surface area contributed by atoms with E-state index in [-0.39, 0.29) is 18.4 Å². The molecular formula is C12H10ClNO3. The third-order valence-electron chi connectivity index (χ3n) is 3.12. The molecule has 0 aliphatic carbocycles. The van der Waals surface area contributed by atoms with E-state index in [9.17, 15) is 9.59 Å². The van der Waals surface area contributed by atoms with E-state index in [1.54, 1.807) is 24.3 Å². The van der Waals surface area contributed by atoms with Crippen LogP contribution in [0, 0.1) is 0 Å². The van der Waals surface area contributed by atoms with Crippen LogP contribution in [0.3, 0.4) is 0 Å². The molecule has 1 saturated heterocycles. The van der Waals surface area contributed by atoms with Crippen molar-refractivity contribution in [2.24, 2.45) is 0 Å². The molecule has 0 bridgehead atoms. The smallest absolute Gasteiger partial charge is 0.261 e. The summed E-state index contributed by atoms with van der Waals surface area (Å²) in [5, 5.41) is 0. The van der Waals surface area contributed by atoms with Gasteiger partial charge in [-0.1, -0.05) is 12.1 Å². The molecule has 2 aliphatic rings. The zero-order valence-corrected chi connectivity index (χ0v) is 9.74. The Morgan fingerprint density at radius 1 is 1.24 bits per heavy atom. The number of carbonyl (C=O) groups is 2. The van der Waals surface area contributed by atoms with Gasteiger partial charge in [0.15, 0.2) is 0 Å². The van der Waals surface area contributed by atoms with Crippen LogP contribution < -0.4 is 0 Å². The maximum atomic E-state index is 12.0. The number of hydrogen-bond donors (Lipinski definition) is 0. The van der Waals surface area contributed by atoms with E-state index in [4.69, 9.17) is 16.3 Å². The number of nitrogens with zero attached hydrogens (tertiary/aromatic N) is 1. The maximum Gasteiger partial charge on any atom is 0.261 e. The molecule has 0 saturated carbocycles. The summed E-state index contributed by atoms with van der Waals surface area (Å²) in [5.74, 6) is -0.225. The van der Waals surface area contributed by atoms with Crippen molar-refractivity contribution < 1.29 is 14.3 Å². The second-order valence-corrected chi connectivity index (χ2v) is 4.61. The third kappa shape index (κ3) is 1.56. The van der Waals surface area contributed by atoms with Crippen molar-refractivity contribution >= 4 is 23.4 Å². The lowest BCUT2D eigenvalue weighted by Crippen LogP contribution is -2.39. The largest absolute Gasteiger partial charge is 0.366 e. The van der Waals surface area contributed by atoms with Crippen LogP contribution in [0.15, 0.2) is 24.3 Å². The Balaban J connectivity index is 1.90. The SMILES string of the molecule is O=C1c2ccccc2C(=O)N1CC1(CCl)CO1. The number of halogens is 1. The number of benzene rings is 1. The Morgan fingerprint density at radius 2 is 1.76 bits per heavy atom. The molecule has 1 aromatic carbocycles. The van der Waals surface area contributed by atoms with Gasteiger partial charge in [-0.3, -0.25) is 14.5 Å². The van der Waals surface area contributed by atoms with E-state index in [0.717, 1.165) is 0 Å². The molecule has 1 fully saturated rings. The van der Waals surface area contributed by atoms with E-state index >= 15 is 0 Å². The average Bonchev–Trinajstić information content (AvgIpc) is 3.10. The van der Waals surface area contributed by atoms with E-state index in [1.165, 1.54) is 4.90 Å². The van der Waals surface area contributed by atoms with Gasteiger partial charge in [0.2, 0.25) is 0 Å². The normalized spacial score (nSPS) is 26.3. The number of alkyl halides is 1. The molecule has 5 heteroatoms. The van der Waals surface area contributed by atoms with E-state index in [0.29, 0.717) is 23.6 Å². The standard InChI is InChI=1S/C12H10ClNO3/c13-5-12(7-17-12)6-14-10(15)8-3-1-2-4-9(8)11(14)16/h1-4H,5-7H2. The Morgan fingerprint density at radius 3 is 2.18 bits per heavy atom. The van der Waals surface area contributed by atoms with Gasteiger partial charge in [0.05, 0.1) is 30.2 Å². The number of rotatable bonds is 3. The van der Waals surface area contributed by atoms with Gasteiger partial charge in [-0.15, -0.1) is 11.6 Å². The predicted octanol–water partition coefficient (Wildman–Crippen LogP) is 1.29. The van der Waals surface area contributed by atoms with Crippen LogP contribution >= 0.6 is 11.6 Å². The summed E-state index contributed by atoms with van der Waals surface area (Å²) >= 11 is 5.77. The first-order valence-corrected chi connectivity index (χ1v) is 5.85. The van der Waals surface area contributed by atoms with Crippen molar-refractivity contribution in [2.75, 3.05) is 19.0 Å². The Hall–Kier alpha value is -1.39. The highest BCUT2D eigenvalue weighted by Crippen LogP contribution is 2.32. The number of carbonyl (C=O) groups excluding carboxylic acids is 2. The second-order valence-electron chi connectivity index (χ2n) is 4.35. The van der Waals surface area contributed by atoms with Crippen molar-refractivity contribution in [3.05, 3.63) is 35.4 Å². The van der Waals surface area contributed by atoms with Gasteiger partial charge in [0.25, 0.3) is 11.8 Å². The minimum atomic E-state index is -0.519. The fraction of sp³-hybridized carbons (Fsp3) is 0.333. The minimum absolute atomic E-state index is 0.239. The lowest BCUT2D eigenvalue weighted by atomic mass is 10.1. The maximum absolute atomic E-state index is 12.0. The first-order chi connectivity index (χ1) is 8.17. The minimum Gasteiger partial charge on any atom is -0.366 e. The molecule has 17 heavy (non-hydrogen) atoms. The van der Waals surface area contributed by atoms with Crippen molar-refractivity contribution in [1.29, 1.82) is 0 Å². The lowest BCUT2D eigenvalue weighted by molar-refractivity contribution is 0.0617. The molecule has 1 unspecified atom stereocenters. The highest BCUT2D eigenvalue weighted by molar-refractivity contribution is 6.21. The van der Waals surface area contributed by atoms with Gasteiger partial charge in [0, 0.05) is 0 Å². The molecule has 3 rings (SSSR count). The molecule has 4 nitrogen and oxygen atoms in total. The summed E-state index contributed by atoms with van der Waals surface area (Å²) in [4.78, 5) is 25.3. The van der Waals surface area contributed by atoms with Gasteiger partial charge in [-0.2, -0.15) is 0 Å². The number of ether oxygens (including phenoxy) is 1. The molecule has 1 aromatic rings. The van der Waals surface area contributed by atoms with Crippen LogP contribution in [0.25, 0.3) is 0 Å². The summed E-state index contributed by atoms with van der Waals surface area (Å²) in [6.45, 7) is 0.743. The quantitative estimate of drug-likeness (QED) is 0.462. The number of amides is 2. The van der Waals surface area contributed by atoms with Gasteiger partial charge in [-0.05, 0) is 12.1 Å². The summed E-state index contributed by atoms with van der Waals surface area (Å²) < 4.78 is 5.22. The van der Waals surface area contributed by atoms with Gasteiger partial charge >= 0.3 is 0 Å². The number of epoxide rings is 1. The molecule has 2 heterocycles. The van der Waals surface area contributed by atoms with Crippen molar-refractivity contribution in [3.8, 4) is 0 Å². The summed E-state index contributed by atoms with van der Waals surface area (Å²) in [6, 6.07) is 6.82. The van der Waals surface area contributed by atoms with Gasteiger partial charge < -0.3 is 4.74 Å². The van der Waals surface area contributed by atoms with Gasteiger partial charge in [-0.25, -0.2) is 0 Å². The van der Waals surface area contributed by atoms with Crippen LogP contribution in [0.5, 0.6) is 0 Å². The lowest BCUT2D eigenvalue weighted by Gasteiger charge is -2.17. The van der Waals surface area contributed by atoms with Crippen molar-refractivity contribution in [1.82, 2.24) is 4.90 Å². The fourth-order valence-corrected chi connectivity index (χ4v) is 2.22. The zero-order chi connectivity index (χ0) is 12.0. The highest BCUT2D eigenvalue weighted by atomic mass is 35.5. The topological polar surface area (TPSA) is 49.9 Å². The fourth-order valence-electron chi connectivity index (χ4n) is 1.98. The zero-order valence-electron chi connectivity index (χ0n) is 8.98. The highest BCUT2D eigenvalue weighted by Gasteiger charge is 2.49. The summed E-state index contributed by atoms with van der Waals surface area (Å²) in [6.07, 6.45) is 0. The molecule has 0 aromatic heterocycles. The van der Waals surface area contributed by atoms with Crippen LogP contribution in [0.2, 0.25) is 0 Å². The Labute approximate surface area is 103 Å². The first-order valence-electron chi connectivity index (χ1n) is 5.32. The number of imide groups is 1. The van der Waals surface area contributed by atoms with Gasteiger partial charge in [0.1, 0.15) is 5.60 Å². The number of fused-ring (bicyclic) bond motifs is 1. The van der Waals surface area contributed by atoms with Crippen LogP contribution in [-0.4, -0.2) is 41.3 Å². The van der Waals surface area contributed by atoms with E-state index in [1.807, 2.05) is 0 Å². The first kappa shape index (κ1) is 10.7. The molecule has 88 valence electrons. The van der Waals surface area contributed by atoms with Crippen molar-refractivity contribution in [3.63, 3.8) is 0 Å². The average molecular weight is 252 g/mol. The predicted molar refractivity (Wildman–Crippen MR) is 61.2 cm³/mol. The molecule has 0 radical (unpaired) electrons. The monoisotopic (exact) mass is 251 g/mol. The second kappa shape index (κ2) is 3.55. The van der Waals surface area contributed by atoms with Crippen LogP contribution in [0.4, 0.5) is 0 Å². The molecule has 2 aliphatic heterocycles.